The van der Waals surface area contributed by atoms with Crippen LogP contribution in [0.1, 0.15) is 15.9 Å². The number of halogens is 2. The van der Waals surface area contributed by atoms with E-state index in [1.807, 2.05) is 0 Å². The van der Waals surface area contributed by atoms with Crippen molar-refractivity contribution in [3.63, 3.8) is 0 Å². The molecule has 0 aliphatic rings. The number of anilines is 1. The van der Waals surface area contributed by atoms with Gasteiger partial charge >= 0.3 is 0 Å². The van der Waals surface area contributed by atoms with Gasteiger partial charge < -0.3 is 10.5 Å². The molecular weight excluding hydrogens is 325 g/mol. The van der Waals surface area contributed by atoms with Gasteiger partial charge in [0.05, 0.1) is 12.8 Å². The minimum Gasteiger partial charge on any atom is -0.495 e. The first-order valence-corrected chi connectivity index (χ1v) is 6.71. The van der Waals surface area contributed by atoms with E-state index >= 15 is 0 Å². The molecule has 2 rings (SSSR count). The van der Waals surface area contributed by atoms with Gasteiger partial charge in [0.25, 0.3) is 0 Å². The number of carbonyl (C=O) groups excluding carboxylic acids is 1. The molecule has 20 heavy (non-hydrogen) atoms. The molecule has 0 aliphatic heterocycles. The highest BCUT2D eigenvalue weighted by atomic mass is 79.9. The smallest absolute Gasteiger partial charge is 0.169 e. The Labute approximate surface area is 124 Å². The molecule has 0 spiro atoms. The molecule has 0 atom stereocenters. The number of ketones is 1. The Bertz CT molecular complexity index is 638. The lowest BCUT2D eigenvalue weighted by molar-refractivity contribution is 0.0993. The zero-order valence-electron chi connectivity index (χ0n) is 10.8. The van der Waals surface area contributed by atoms with Crippen molar-refractivity contribution >= 4 is 27.4 Å². The predicted octanol–water partition coefficient (Wildman–Crippen LogP) is 3.60. The zero-order chi connectivity index (χ0) is 14.7. The second-order valence-electron chi connectivity index (χ2n) is 4.30. The van der Waals surface area contributed by atoms with Crippen molar-refractivity contribution in [2.45, 2.75) is 6.42 Å². The standard InChI is InChI=1S/C15H13BrFNO2/c1-20-14-4-2-3-12(15(14)18)13(19)7-9-5-10(16)8-11(17)6-9/h2-6,8H,7,18H2,1H3. The predicted molar refractivity (Wildman–Crippen MR) is 79.5 cm³/mol. The van der Waals surface area contributed by atoms with Gasteiger partial charge in [-0.1, -0.05) is 22.0 Å². The van der Waals surface area contributed by atoms with E-state index in [4.69, 9.17) is 10.5 Å². The minimum absolute atomic E-state index is 0.0771. The number of hydrogen-bond donors (Lipinski definition) is 1. The Morgan fingerprint density at radius 1 is 1.35 bits per heavy atom. The molecule has 2 aromatic rings. The van der Waals surface area contributed by atoms with Gasteiger partial charge in [0.2, 0.25) is 0 Å². The molecule has 0 aliphatic carbocycles. The average molecular weight is 338 g/mol. The number of ether oxygens (including phenoxy) is 1. The molecule has 104 valence electrons. The number of nitrogens with two attached hydrogens (primary N) is 1. The van der Waals surface area contributed by atoms with E-state index < -0.39 is 0 Å². The molecule has 0 aromatic heterocycles. The van der Waals surface area contributed by atoms with Crippen molar-refractivity contribution in [2.75, 3.05) is 12.8 Å². The summed E-state index contributed by atoms with van der Waals surface area (Å²) in [4.78, 5) is 12.3. The molecule has 2 aromatic carbocycles. The Hall–Kier alpha value is -1.88. The van der Waals surface area contributed by atoms with Crippen LogP contribution in [0.4, 0.5) is 10.1 Å². The van der Waals surface area contributed by atoms with Gasteiger partial charge in [-0.3, -0.25) is 4.79 Å². The lowest BCUT2D eigenvalue weighted by atomic mass is 10.0. The van der Waals surface area contributed by atoms with E-state index in [1.54, 1.807) is 24.3 Å². The maximum absolute atomic E-state index is 13.3. The lowest BCUT2D eigenvalue weighted by Gasteiger charge is -2.09. The van der Waals surface area contributed by atoms with Crippen molar-refractivity contribution in [3.8, 4) is 5.75 Å². The third-order valence-electron chi connectivity index (χ3n) is 2.87. The number of methoxy groups -OCH3 is 1. The second-order valence-corrected chi connectivity index (χ2v) is 5.21. The number of nitrogen functional groups attached to an aromatic ring is 1. The summed E-state index contributed by atoms with van der Waals surface area (Å²) in [6.07, 6.45) is 0.0771. The van der Waals surface area contributed by atoms with E-state index in [-0.39, 0.29) is 18.0 Å². The number of para-hydroxylation sites is 1. The molecule has 0 unspecified atom stereocenters. The molecule has 0 amide bonds. The molecule has 3 nitrogen and oxygen atoms in total. The van der Waals surface area contributed by atoms with Crippen molar-refractivity contribution in [1.29, 1.82) is 0 Å². The highest BCUT2D eigenvalue weighted by Gasteiger charge is 2.14. The van der Waals surface area contributed by atoms with Crippen molar-refractivity contribution < 1.29 is 13.9 Å². The third kappa shape index (κ3) is 3.17. The Balaban J connectivity index is 2.28. The van der Waals surface area contributed by atoms with Gasteiger partial charge in [-0.05, 0) is 35.9 Å². The van der Waals surface area contributed by atoms with Crippen LogP contribution in [0, 0.1) is 5.82 Å². The summed E-state index contributed by atoms with van der Waals surface area (Å²) in [5, 5.41) is 0. The number of rotatable bonds is 4. The third-order valence-corrected chi connectivity index (χ3v) is 3.33. The summed E-state index contributed by atoms with van der Waals surface area (Å²) in [6, 6.07) is 9.40. The van der Waals surface area contributed by atoms with Crippen LogP contribution in [0.3, 0.4) is 0 Å². The summed E-state index contributed by atoms with van der Waals surface area (Å²) in [5.41, 5.74) is 7.15. The number of benzene rings is 2. The average Bonchev–Trinajstić information content (AvgIpc) is 2.37. The summed E-state index contributed by atoms with van der Waals surface area (Å²) >= 11 is 3.20. The van der Waals surface area contributed by atoms with Crippen molar-refractivity contribution in [1.82, 2.24) is 0 Å². The second kappa shape index (κ2) is 6.05. The van der Waals surface area contributed by atoms with Crippen LogP contribution in [0.2, 0.25) is 0 Å². The van der Waals surface area contributed by atoms with Crippen molar-refractivity contribution in [2.24, 2.45) is 0 Å². The van der Waals surface area contributed by atoms with Crippen molar-refractivity contribution in [3.05, 3.63) is 57.8 Å². The van der Waals surface area contributed by atoms with E-state index in [1.165, 1.54) is 19.2 Å². The molecular formula is C15H13BrFNO2. The normalized spacial score (nSPS) is 10.3. The highest BCUT2D eigenvalue weighted by molar-refractivity contribution is 9.10. The van der Waals surface area contributed by atoms with Gasteiger partial charge in [-0.25, -0.2) is 4.39 Å². The van der Waals surface area contributed by atoms with Crippen LogP contribution in [0.15, 0.2) is 40.9 Å². The fraction of sp³-hybridized carbons (Fsp3) is 0.133. The van der Waals surface area contributed by atoms with Gasteiger partial charge in [-0.15, -0.1) is 0 Å². The number of carbonyl (C=O) groups is 1. The van der Waals surface area contributed by atoms with Crippen LogP contribution in [-0.4, -0.2) is 12.9 Å². The zero-order valence-corrected chi connectivity index (χ0v) is 12.4. The topological polar surface area (TPSA) is 52.3 Å². The summed E-state index contributed by atoms with van der Waals surface area (Å²) in [5.74, 6) is -0.115. The molecule has 0 bridgehead atoms. The first-order chi connectivity index (χ1) is 9.51. The lowest BCUT2D eigenvalue weighted by Crippen LogP contribution is -2.08. The van der Waals surface area contributed by atoms with E-state index in [0.29, 0.717) is 27.0 Å². The van der Waals surface area contributed by atoms with Gasteiger partial charge in [0.1, 0.15) is 11.6 Å². The Morgan fingerprint density at radius 3 is 2.75 bits per heavy atom. The molecule has 0 saturated heterocycles. The van der Waals surface area contributed by atoms with Crippen LogP contribution >= 0.6 is 15.9 Å². The van der Waals surface area contributed by atoms with Crippen LogP contribution in [0.5, 0.6) is 5.75 Å². The number of hydrogen-bond acceptors (Lipinski definition) is 3. The minimum atomic E-state index is -0.388. The van der Waals surface area contributed by atoms with Gasteiger partial charge in [0.15, 0.2) is 5.78 Å². The maximum atomic E-state index is 13.3. The van der Waals surface area contributed by atoms with Crippen LogP contribution in [-0.2, 0) is 6.42 Å². The Kier molecular flexibility index (Phi) is 4.39. The van der Waals surface area contributed by atoms with E-state index in [0.717, 1.165) is 0 Å². The van der Waals surface area contributed by atoms with E-state index in [9.17, 15) is 9.18 Å². The molecule has 0 saturated carbocycles. The fourth-order valence-corrected chi connectivity index (χ4v) is 2.47. The first kappa shape index (κ1) is 14.5. The van der Waals surface area contributed by atoms with Gasteiger partial charge in [0, 0.05) is 16.5 Å². The molecule has 2 N–H and O–H groups in total. The summed E-state index contributed by atoms with van der Waals surface area (Å²) in [6.45, 7) is 0. The SMILES string of the molecule is COc1cccc(C(=O)Cc2cc(F)cc(Br)c2)c1N. The quantitative estimate of drug-likeness (QED) is 0.685. The fourth-order valence-electron chi connectivity index (χ4n) is 1.96. The van der Waals surface area contributed by atoms with Crippen LogP contribution < -0.4 is 10.5 Å². The molecule has 5 heteroatoms. The van der Waals surface area contributed by atoms with E-state index in [2.05, 4.69) is 15.9 Å². The number of Topliss-reactive ketones (excluding diaryl/α,β-unsaturated/α-hetero) is 1. The highest BCUT2D eigenvalue weighted by Crippen LogP contribution is 2.26. The summed E-state index contributed by atoms with van der Waals surface area (Å²) in [7, 11) is 1.49. The maximum Gasteiger partial charge on any atom is 0.169 e. The molecule has 0 heterocycles. The monoisotopic (exact) mass is 337 g/mol. The summed E-state index contributed by atoms with van der Waals surface area (Å²) < 4.78 is 19.0. The molecule has 0 fully saturated rings. The first-order valence-electron chi connectivity index (χ1n) is 5.92. The van der Waals surface area contributed by atoms with Crippen LogP contribution in [0.25, 0.3) is 0 Å². The van der Waals surface area contributed by atoms with Gasteiger partial charge in [-0.2, -0.15) is 0 Å². The largest absolute Gasteiger partial charge is 0.495 e. The Morgan fingerprint density at radius 2 is 2.10 bits per heavy atom. The molecule has 0 radical (unpaired) electrons.